The van der Waals surface area contributed by atoms with Crippen LogP contribution < -0.4 is 11.2 Å². The molecule has 3 heterocycles. The van der Waals surface area contributed by atoms with Gasteiger partial charge >= 0.3 is 29.2 Å². The molecule has 1 aliphatic rings. The van der Waals surface area contributed by atoms with Crippen molar-refractivity contribution in [3.05, 3.63) is 81.3 Å². The number of hydrogen-bond acceptors (Lipinski definition) is 14. The van der Waals surface area contributed by atoms with E-state index >= 15 is 0 Å². The summed E-state index contributed by atoms with van der Waals surface area (Å²) in [6.45, 7) is 31.0. The molecule has 2 aromatic carbocycles. The Bertz CT molecular complexity index is 2210. The molecule has 1 fully saturated rings. The van der Waals surface area contributed by atoms with Crippen LogP contribution in [0.1, 0.15) is 86.6 Å². The van der Waals surface area contributed by atoms with Crippen LogP contribution in [0.3, 0.4) is 0 Å². The van der Waals surface area contributed by atoms with E-state index < -0.39 is 59.7 Å². The Balaban J connectivity index is 0.000000553. The maximum absolute atomic E-state index is 12.6. The third-order valence-electron chi connectivity index (χ3n) is 10.5. The van der Waals surface area contributed by atoms with E-state index in [0.29, 0.717) is 5.69 Å². The van der Waals surface area contributed by atoms with Gasteiger partial charge in [0, 0.05) is 23.7 Å². The summed E-state index contributed by atoms with van der Waals surface area (Å²) in [7, 11) is -16.8. The number of aromatic amines is 1. The predicted octanol–water partition coefficient (Wildman–Crippen LogP) is 6.17. The van der Waals surface area contributed by atoms with Gasteiger partial charge in [-0.15, -0.1) is 5.10 Å². The normalized spacial score (nSPS) is 18.1. The van der Waals surface area contributed by atoms with E-state index in [0.717, 1.165) is 20.9 Å². The van der Waals surface area contributed by atoms with Gasteiger partial charge in [-0.25, -0.2) is 23.2 Å². The highest BCUT2D eigenvalue weighted by atomic mass is 31.3. The maximum atomic E-state index is 12.6. The smallest absolute Gasteiger partial charge is 0.350 e. The van der Waals surface area contributed by atoms with Gasteiger partial charge in [0.2, 0.25) is 0 Å². The quantitative estimate of drug-likeness (QED) is 0.0658. The zero-order valence-electron chi connectivity index (χ0n) is 38.6. The Hall–Kier alpha value is -3.23. The molecule has 0 amide bonds. The molecule has 0 spiro atoms. The van der Waals surface area contributed by atoms with Crippen molar-refractivity contribution in [2.75, 3.05) is 65.5 Å². The fourth-order valence-electron chi connectivity index (χ4n) is 6.71. The van der Waals surface area contributed by atoms with Crippen molar-refractivity contribution < 1.29 is 51.2 Å². The number of H-pyrrole nitrogens is 1. The van der Waals surface area contributed by atoms with Crippen LogP contribution in [0.25, 0.3) is 22.0 Å². The number of phosphoric acid groups is 3. The Morgan fingerprint density at radius 1 is 0.750 bits per heavy atom. The molecule has 24 heteroatoms. The van der Waals surface area contributed by atoms with Gasteiger partial charge in [0.05, 0.1) is 24.5 Å². The molecule has 5 atom stereocenters. The lowest BCUT2D eigenvalue weighted by molar-refractivity contribution is -0.0317. The fourth-order valence-corrected chi connectivity index (χ4v) is 9.74. The highest BCUT2D eigenvalue weighted by Crippen LogP contribution is 2.66. The molecule has 4 aromatic rings. The molecule has 0 saturated carbocycles. The number of rotatable bonds is 19. The van der Waals surface area contributed by atoms with Crippen molar-refractivity contribution in [1.82, 2.24) is 39.2 Å². The van der Waals surface area contributed by atoms with Crippen molar-refractivity contribution in [2.45, 2.75) is 94.0 Å². The molecule has 1 aliphatic heterocycles. The van der Waals surface area contributed by atoms with Crippen LogP contribution in [0.2, 0.25) is 0 Å². The van der Waals surface area contributed by atoms with Crippen LogP contribution in [0.4, 0.5) is 0 Å². The third kappa shape index (κ3) is 18.2. The highest BCUT2D eigenvalue weighted by Gasteiger charge is 2.44. The molecule has 2 aromatic heterocycles. The van der Waals surface area contributed by atoms with Crippen LogP contribution in [0.15, 0.2) is 64.4 Å². The van der Waals surface area contributed by atoms with Crippen molar-refractivity contribution in [1.29, 1.82) is 0 Å². The lowest BCUT2D eigenvalue weighted by Gasteiger charge is -2.22. The Labute approximate surface area is 375 Å². The van der Waals surface area contributed by atoms with E-state index in [9.17, 15) is 33.1 Å². The summed E-state index contributed by atoms with van der Waals surface area (Å²) < 4.78 is 56.1. The number of benzene rings is 2. The summed E-state index contributed by atoms with van der Waals surface area (Å²) in [5.74, 6) is 0. The van der Waals surface area contributed by atoms with E-state index in [4.69, 9.17) is 19.0 Å². The van der Waals surface area contributed by atoms with Gasteiger partial charge in [0.25, 0.3) is 5.56 Å². The molecule has 64 heavy (non-hydrogen) atoms. The van der Waals surface area contributed by atoms with Gasteiger partial charge in [0.15, 0.2) is 0 Å². The second kappa shape index (κ2) is 27.4. The zero-order valence-corrected chi connectivity index (χ0v) is 41.3. The molecule has 0 aliphatic carbocycles. The number of aryl methyl sites for hydroxylation is 1. The fraction of sp³-hybridized carbons (Fsp3) is 0.600. The average molecular weight is 963 g/mol. The molecular formula is C40H69N8O13P3. The van der Waals surface area contributed by atoms with Crippen molar-refractivity contribution in [2.24, 2.45) is 0 Å². The first-order valence-corrected chi connectivity index (χ1v) is 26.0. The first kappa shape index (κ1) is 56.9. The lowest BCUT2D eigenvalue weighted by atomic mass is 10.0. The molecule has 0 radical (unpaired) electrons. The number of nitrogens with zero attached hydrogens (tertiary/aromatic N) is 7. The van der Waals surface area contributed by atoms with Crippen LogP contribution in [0.5, 0.6) is 0 Å². The Kier molecular flexibility index (Phi) is 24.4. The minimum absolute atomic E-state index is 0.0109. The summed E-state index contributed by atoms with van der Waals surface area (Å²) in [6, 6.07) is 12.3. The summed E-state index contributed by atoms with van der Waals surface area (Å²) in [6.07, 6.45) is 0.541. The second-order valence-corrected chi connectivity index (χ2v) is 18.7. The number of ether oxygens (including phenoxy) is 1. The minimum Gasteiger partial charge on any atom is -0.350 e. The van der Waals surface area contributed by atoms with Crippen LogP contribution in [-0.2, 0) is 31.6 Å². The highest BCUT2D eigenvalue weighted by molar-refractivity contribution is 7.66. The molecular weight excluding hydrogens is 893 g/mol. The predicted molar refractivity (Wildman–Crippen MR) is 247 cm³/mol. The third-order valence-corrected chi connectivity index (χ3v) is 14.3. The van der Waals surface area contributed by atoms with Crippen LogP contribution in [0, 0.1) is 6.92 Å². The molecule has 1 saturated heterocycles. The van der Waals surface area contributed by atoms with Gasteiger partial charge in [-0.3, -0.25) is 18.9 Å². The number of fused-ring (bicyclic) bond motifs is 1. The number of hydrogen-bond donors (Lipinski definition) is 5. The van der Waals surface area contributed by atoms with E-state index in [1.807, 2.05) is 42.5 Å². The Morgan fingerprint density at radius 3 is 1.77 bits per heavy atom. The van der Waals surface area contributed by atoms with Crippen molar-refractivity contribution >= 4 is 34.2 Å². The molecule has 21 nitrogen and oxygen atoms in total. The van der Waals surface area contributed by atoms with Gasteiger partial charge in [-0.2, -0.15) is 8.62 Å². The SMILES string of the molecule is CCN(CC)CC.CCN(CC)CC.CCN(CC)CC.Cc1cn([C@H]2C[C@H](n3nncc3-c3cccc4ccccc34)[C@@H](COP(=O)(O)OP(=O)(O)OP(=O)(O)O)O2)c(=O)[nH]c1=O. The standard InChI is InChI=1S/C22H24N5O13P3.3C6H15N/c1-13-11-26(22(29)24-21(13)28)20-9-17(19(38-20)12-37-42(33,34)40-43(35,36)39-41(30,31)32)27-18(10-23-25-27)16-8-4-6-14-5-2-3-7-15(14)16;3*1-4-7(5-2)6-3/h2-8,10-11,17,19-20H,9,12H2,1H3,(H,33,34)(H,35,36)(H,24,28,29)(H2,30,31,32);3*4-6H2,1-3H3/t17-,19+,20+;;;/m0.../s1. The topological polar surface area (TPSA) is 264 Å². The molecule has 2 unspecified atom stereocenters. The van der Waals surface area contributed by atoms with Gasteiger partial charge in [-0.1, -0.05) is 110 Å². The number of nitrogens with one attached hydrogen (secondary N) is 1. The van der Waals surface area contributed by atoms with E-state index in [1.54, 1.807) is 0 Å². The second-order valence-electron chi connectivity index (χ2n) is 14.2. The molecule has 5 rings (SSSR count). The van der Waals surface area contributed by atoms with Crippen molar-refractivity contribution in [3.63, 3.8) is 0 Å². The molecule has 5 N–H and O–H groups in total. The number of phosphoric ester groups is 1. The minimum atomic E-state index is -5.76. The average Bonchev–Trinajstić information content (AvgIpc) is 3.90. The Morgan fingerprint density at radius 2 is 1.27 bits per heavy atom. The summed E-state index contributed by atoms with van der Waals surface area (Å²) in [5.41, 5.74) is 0.0542. The first-order chi connectivity index (χ1) is 30.2. The van der Waals surface area contributed by atoms with E-state index in [1.165, 1.54) is 82.9 Å². The van der Waals surface area contributed by atoms with Crippen LogP contribution in [-0.4, -0.2) is 130 Å². The summed E-state index contributed by atoms with van der Waals surface area (Å²) >= 11 is 0. The first-order valence-electron chi connectivity index (χ1n) is 21.5. The van der Waals surface area contributed by atoms with Crippen molar-refractivity contribution in [3.8, 4) is 11.3 Å². The molecule has 0 bridgehead atoms. The lowest BCUT2D eigenvalue weighted by Crippen LogP contribution is -2.33. The summed E-state index contributed by atoms with van der Waals surface area (Å²) in [4.78, 5) is 70.9. The van der Waals surface area contributed by atoms with Gasteiger partial charge in [0.1, 0.15) is 12.3 Å². The zero-order chi connectivity index (χ0) is 48.3. The van der Waals surface area contributed by atoms with E-state index in [2.05, 4.69) is 101 Å². The number of aromatic nitrogens is 5. The largest absolute Gasteiger partial charge is 0.490 e. The van der Waals surface area contributed by atoms with Gasteiger partial charge < -0.3 is 39.0 Å². The van der Waals surface area contributed by atoms with E-state index in [-0.39, 0.29) is 12.0 Å². The summed E-state index contributed by atoms with van der Waals surface area (Å²) in [5, 5.41) is 10.0. The molecule has 362 valence electrons. The monoisotopic (exact) mass is 962 g/mol. The maximum Gasteiger partial charge on any atom is 0.490 e. The van der Waals surface area contributed by atoms with Gasteiger partial charge in [-0.05, 0) is 76.6 Å². The van der Waals surface area contributed by atoms with Crippen LogP contribution >= 0.6 is 23.5 Å².